The van der Waals surface area contributed by atoms with Gasteiger partial charge >= 0.3 is 6.18 Å². The third-order valence-electron chi connectivity index (χ3n) is 3.92. The van der Waals surface area contributed by atoms with Crippen molar-refractivity contribution in [2.24, 2.45) is 10.7 Å². The van der Waals surface area contributed by atoms with Gasteiger partial charge < -0.3 is 15.8 Å². The van der Waals surface area contributed by atoms with Crippen LogP contribution in [0.2, 0.25) is 0 Å². The molecule has 0 atom stereocenters. The summed E-state index contributed by atoms with van der Waals surface area (Å²) < 4.78 is 40.9. The number of benzene rings is 1. The van der Waals surface area contributed by atoms with Crippen LogP contribution in [0.4, 0.5) is 13.2 Å². The molecule has 0 spiro atoms. The SMILES string of the molecule is I.NC(=NCc1cccc(COCC(F)(F)F)c1)NC1CCCCC1. The normalized spacial score (nSPS) is 16.4. The summed E-state index contributed by atoms with van der Waals surface area (Å²) in [4.78, 5) is 4.31. The summed E-state index contributed by atoms with van der Waals surface area (Å²) in [5.74, 6) is 0.417. The quantitative estimate of drug-likeness (QED) is 0.373. The van der Waals surface area contributed by atoms with Crippen LogP contribution in [0.3, 0.4) is 0 Å². The molecule has 0 aromatic heterocycles. The van der Waals surface area contributed by atoms with Crippen LogP contribution < -0.4 is 11.1 Å². The molecule has 1 aliphatic carbocycles. The van der Waals surface area contributed by atoms with Crippen molar-refractivity contribution in [3.8, 4) is 0 Å². The van der Waals surface area contributed by atoms with E-state index < -0.39 is 12.8 Å². The maximum absolute atomic E-state index is 12.1. The molecule has 0 radical (unpaired) electrons. The fourth-order valence-electron chi connectivity index (χ4n) is 2.78. The first kappa shape index (κ1) is 22.0. The topological polar surface area (TPSA) is 59.6 Å². The minimum absolute atomic E-state index is 0. The molecule has 3 N–H and O–H groups in total. The van der Waals surface area contributed by atoms with Gasteiger partial charge in [0.1, 0.15) is 6.61 Å². The lowest BCUT2D eigenvalue weighted by Gasteiger charge is -2.23. The molecular weight excluding hydrogens is 446 g/mol. The predicted molar refractivity (Wildman–Crippen MR) is 103 cm³/mol. The Bertz CT molecular complexity index is 546. The number of alkyl halides is 3. The Hall–Kier alpha value is -1.03. The number of nitrogens with zero attached hydrogens (tertiary/aromatic N) is 1. The summed E-state index contributed by atoms with van der Waals surface area (Å²) >= 11 is 0. The lowest BCUT2D eigenvalue weighted by molar-refractivity contribution is -0.176. The Balaban J connectivity index is 0.00000312. The van der Waals surface area contributed by atoms with Gasteiger partial charge in [0.05, 0.1) is 13.2 Å². The number of nitrogens with one attached hydrogen (secondary N) is 1. The average Bonchev–Trinajstić information content (AvgIpc) is 2.53. The highest BCUT2D eigenvalue weighted by Crippen LogP contribution is 2.17. The Morgan fingerprint density at radius 2 is 1.88 bits per heavy atom. The van der Waals surface area contributed by atoms with Gasteiger partial charge in [-0.3, -0.25) is 0 Å². The van der Waals surface area contributed by atoms with E-state index in [1.54, 1.807) is 18.2 Å². The number of hydrogen-bond donors (Lipinski definition) is 2. The summed E-state index contributed by atoms with van der Waals surface area (Å²) in [6.45, 7) is -0.931. The van der Waals surface area contributed by atoms with E-state index in [-0.39, 0.29) is 30.6 Å². The molecule has 0 amide bonds. The van der Waals surface area contributed by atoms with Crippen LogP contribution in [0.25, 0.3) is 0 Å². The van der Waals surface area contributed by atoms with Crippen molar-refractivity contribution in [1.29, 1.82) is 0 Å². The second-order valence-electron chi connectivity index (χ2n) is 6.11. The van der Waals surface area contributed by atoms with E-state index in [2.05, 4.69) is 15.0 Å². The maximum atomic E-state index is 12.1. The van der Waals surface area contributed by atoms with Gasteiger partial charge in [0.2, 0.25) is 0 Å². The van der Waals surface area contributed by atoms with Gasteiger partial charge in [0.15, 0.2) is 5.96 Å². The zero-order chi connectivity index (χ0) is 17.4. The van der Waals surface area contributed by atoms with Gasteiger partial charge in [-0.25, -0.2) is 4.99 Å². The molecule has 0 bridgehead atoms. The number of rotatable bonds is 6. The molecule has 1 aromatic rings. The predicted octanol–water partition coefficient (Wildman–Crippen LogP) is 4.12. The van der Waals surface area contributed by atoms with E-state index in [0.29, 0.717) is 24.1 Å². The van der Waals surface area contributed by atoms with E-state index in [1.165, 1.54) is 19.3 Å². The summed E-state index contributed by atoms with van der Waals surface area (Å²) in [7, 11) is 0. The largest absolute Gasteiger partial charge is 0.411 e. The van der Waals surface area contributed by atoms with Crippen molar-refractivity contribution < 1.29 is 17.9 Å². The smallest absolute Gasteiger partial charge is 0.370 e. The molecule has 0 saturated heterocycles. The van der Waals surface area contributed by atoms with Gasteiger partial charge in [-0.2, -0.15) is 13.2 Å². The van der Waals surface area contributed by atoms with Gasteiger partial charge in [-0.05, 0) is 24.0 Å². The zero-order valence-corrected chi connectivity index (χ0v) is 16.3. The number of ether oxygens (including phenoxy) is 1. The monoisotopic (exact) mass is 471 g/mol. The van der Waals surface area contributed by atoms with Gasteiger partial charge in [-0.1, -0.05) is 43.5 Å². The van der Waals surface area contributed by atoms with E-state index >= 15 is 0 Å². The first-order valence-corrected chi connectivity index (χ1v) is 8.21. The second-order valence-corrected chi connectivity index (χ2v) is 6.11. The molecule has 0 unspecified atom stereocenters. The first-order chi connectivity index (χ1) is 11.4. The van der Waals surface area contributed by atoms with Gasteiger partial charge in [0.25, 0.3) is 0 Å². The highest BCUT2D eigenvalue weighted by Gasteiger charge is 2.27. The number of guanidine groups is 1. The molecule has 8 heteroatoms. The second kappa shape index (κ2) is 10.8. The van der Waals surface area contributed by atoms with Gasteiger partial charge in [0, 0.05) is 6.04 Å². The first-order valence-electron chi connectivity index (χ1n) is 8.21. The molecule has 25 heavy (non-hydrogen) atoms. The molecule has 1 fully saturated rings. The lowest BCUT2D eigenvalue weighted by Crippen LogP contribution is -2.41. The van der Waals surface area contributed by atoms with Crippen LogP contribution >= 0.6 is 24.0 Å². The number of halogens is 4. The zero-order valence-electron chi connectivity index (χ0n) is 14.0. The van der Waals surface area contributed by atoms with E-state index in [4.69, 9.17) is 5.73 Å². The van der Waals surface area contributed by atoms with E-state index in [0.717, 1.165) is 18.4 Å². The molecule has 4 nitrogen and oxygen atoms in total. The minimum atomic E-state index is -4.30. The Morgan fingerprint density at radius 3 is 2.56 bits per heavy atom. The Morgan fingerprint density at radius 1 is 1.20 bits per heavy atom. The van der Waals surface area contributed by atoms with Gasteiger partial charge in [-0.15, -0.1) is 24.0 Å². The number of aliphatic imine (C=N–C) groups is 1. The highest BCUT2D eigenvalue weighted by atomic mass is 127. The average molecular weight is 471 g/mol. The van der Waals surface area contributed by atoms with Crippen molar-refractivity contribution >= 4 is 29.9 Å². The van der Waals surface area contributed by atoms with Crippen LogP contribution in [0, 0.1) is 0 Å². The van der Waals surface area contributed by atoms with Crippen LogP contribution in [-0.2, 0) is 17.9 Å². The van der Waals surface area contributed by atoms with Crippen LogP contribution in [0.1, 0.15) is 43.2 Å². The number of hydrogen-bond acceptors (Lipinski definition) is 2. The maximum Gasteiger partial charge on any atom is 0.411 e. The van der Waals surface area contributed by atoms with Crippen molar-refractivity contribution in [2.75, 3.05) is 6.61 Å². The molecule has 2 rings (SSSR count). The minimum Gasteiger partial charge on any atom is -0.370 e. The summed E-state index contributed by atoms with van der Waals surface area (Å²) in [5, 5.41) is 3.23. The Kier molecular flexibility index (Phi) is 9.55. The van der Waals surface area contributed by atoms with Crippen LogP contribution in [0.15, 0.2) is 29.3 Å². The molecule has 1 aromatic carbocycles. The number of nitrogens with two attached hydrogens (primary N) is 1. The van der Waals surface area contributed by atoms with Crippen LogP contribution in [-0.4, -0.2) is 24.8 Å². The van der Waals surface area contributed by atoms with E-state index in [1.807, 2.05) is 6.07 Å². The van der Waals surface area contributed by atoms with Crippen molar-refractivity contribution in [3.05, 3.63) is 35.4 Å². The third-order valence-corrected chi connectivity index (χ3v) is 3.92. The highest BCUT2D eigenvalue weighted by molar-refractivity contribution is 14.0. The molecule has 142 valence electrons. The molecule has 0 heterocycles. The molecule has 0 aliphatic heterocycles. The fraction of sp³-hybridized carbons (Fsp3) is 0.588. The lowest BCUT2D eigenvalue weighted by atomic mass is 9.96. The Labute approximate surface area is 163 Å². The third kappa shape index (κ3) is 9.29. The summed E-state index contributed by atoms with van der Waals surface area (Å²) in [6, 6.07) is 7.55. The molecule has 1 aliphatic rings. The van der Waals surface area contributed by atoms with Crippen LogP contribution in [0.5, 0.6) is 0 Å². The fourth-order valence-corrected chi connectivity index (χ4v) is 2.78. The van der Waals surface area contributed by atoms with Crippen molar-refractivity contribution in [3.63, 3.8) is 0 Å². The summed E-state index contributed by atoms with van der Waals surface area (Å²) in [5.41, 5.74) is 7.48. The summed E-state index contributed by atoms with van der Waals surface area (Å²) in [6.07, 6.45) is 1.62. The van der Waals surface area contributed by atoms with Crippen molar-refractivity contribution in [1.82, 2.24) is 5.32 Å². The van der Waals surface area contributed by atoms with Crippen molar-refractivity contribution in [2.45, 2.75) is 57.5 Å². The standard InChI is InChI=1S/C17H24F3N3O.HI/c18-17(19,20)12-24-11-14-6-4-5-13(9-14)10-22-16(21)23-15-7-2-1-3-8-15;/h4-6,9,15H,1-3,7-8,10-12H2,(H3,21,22,23);1H. The molecular formula is C17H25F3IN3O. The molecule has 1 saturated carbocycles. The van der Waals surface area contributed by atoms with E-state index in [9.17, 15) is 13.2 Å².